The van der Waals surface area contributed by atoms with Gasteiger partial charge in [0, 0.05) is 5.33 Å². The molecule has 0 bridgehead atoms. The van der Waals surface area contributed by atoms with Crippen LogP contribution in [0.1, 0.15) is 0 Å². The third-order valence-corrected chi connectivity index (χ3v) is 1.29. The van der Waals surface area contributed by atoms with E-state index in [1.165, 1.54) is 0 Å². The van der Waals surface area contributed by atoms with E-state index in [1.807, 2.05) is 0 Å². The highest BCUT2D eigenvalue weighted by Gasteiger charge is 2.08. The van der Waals surface area contributed by atoms with Crippen LogP contribution in [0.15, 0.2) is 36.6 Å². The van der Waals surface area contributed by atoms with Gasteiger partial charge in [-0.1, -0.05) is 29.1 Å². The van der Waals surface area contributed by atoms with Crippen molar-refractivity contribution in [3.8, 4) is 0 Å². The Morgan fingerprint density at radius 1 is 1.50 bits per heavy atom. The van der Waals surface area contributed by atoms with Crippen molar-refractivity contribution in [1.82, 2.24) is 0 Å². The van der Waals surface area contributed by atoms with Gasteiger partial charge in [0.15, 0.2) is 17.4 Å². The van der Waals surface area contributed by atoms with Crippen LogP contribution in [0.3, 0.4) is 0 Å². The molecule has 0 aliphatic carbocycles. The van der Waals surface area contributed by atoms with Crippen molar-refractivity contribution in [1.29, 1.82) is 0 Å². The second-order valence-electron chi connectivity index (χ2n) is 1.82. The predicted octanol–water partition coefficient (Wildman–Crippen LogP) is 3.25. The number of hydrogen-bond acceptors (Lipinski definition) is 1. The highest BCUT2D eigenvalue weighted by molar-refractivity contribution is 9.09. The van der Waals surface area contributed by atoms with E-state index in [0.29, 0.717) is 5.33 Å². The fourth-order valence-electron chi connectivity index (χ4n) is 0.510. The molecule has 0 rings (SSSR count). The molecule has 0 aliphatic rings. The van der Waals surface area contributed by atoms with Gasteiger partial charge in [0.05, 0.1) is 6.61 Å². The second kappa shape index (κ2) is 5.94. The minimum Gasteiger partial charge on any atom is -0.487 e. The number of alkyl halides is 1. The predicted molar refractivity (Wildman–Crippen MR) is 48.3 cm³/mol. The van der Waals surface area contributed by atoms with Crippen molar-refractivity contribution in [3.63, 3.8) is 0 Å². The summed E-state index contributed by atoms with van der Waals surface area (Å²) in [4.78, 5) is 0. The van der Waals surface area contributed by atoms with E-state index in [4.69, 9.17) is 4.74 Å². The van der Waals surface area contributed by atoms with Crippen LogP contribution in [0, 0.1) is 0 Å². The Bertz CT molecular complexity index is 211. The molecule has 1 nitrogen and oxygen atoms in total. The number of rotatable bonds is 5. The van der Waals surface area contributed by atoms with E-state index in [0.717, 1.165) is 6.08 Å². The zero-order valence-electron chi connectivity index (χ0n) is 6.45. The smallest absolute Gasteiger partial charge is 0.190 e. The van der Waals surface area contributed by atoms with Crippen LogP contribution in [0.25, 0.3) is 0 Å². The maximum atomic E-state index is 12.7. The van der Waals surface area contributed by atoms with Gasteiger partial charge < -0.3 is 4.74 Å². The van der Waals surface area contributed by atoms with Crippen molar-refractivity contribution in [2.45, 2.75) is 0 Å². The summed E-state index contributed by atoms with van der Waals surface area (Å²) in [7, 11) is 0. The first-order valence-corrected chi connectivity index (χ1v) is 4.31. The summed E-state index contributed by atoms with van der Waals surface area (Å²) in [6.45, 7) is 6.24. The molecule has 4 heteroatoms. The summed E-state index contributed by atoms with van der Waals surface area (Å²) in [5, 5.41) is 0.494. The van der Waals surface area contributed by atoms with E-state index >= 15 is 0 Å². The molecule has 0 saturated carbocycles. The third kappa shape index (κ3) is 3.67. The minimum atomic E-state index is -0.937. The van der Waals surface area contributed by atoms with Crippen LogP contribution in [0.4, 0.5) is 8.78 Å². The Morgan fingerprint density at radius 2 is 2.08 bits per heavy atom. The van der Waals surface area contributed by atoms with Crippen molar-refractivity contribution < 1.29 is 13.5 Å². The lowest BCUT2D eigenvalue weighted by molar-refractivity contribution is 0.219. The molecule has 0 aromatic carbocycles. The first-order chi connectivity index (χ1) is 5.63. The first-order valence-electron chi connectivity index (χ1n) is 3.19. The van der Waals surface area contributed by atoms with Gasteiger partial charge in [-0.3, -0.25) is 0 Å². The summed E-state index contributed by atoms with van der Waals surface area (Å²) in [5.74, 6) is -2.26. The summed E-state index contributed by atoms with van der Waals surface area (Å²) in [6.07, 6.45) is 0.869. The van der Waals surface area contributed by atoms with Gasteiger partial charge in [0.1, 0.15) is 0 Å². The molecular formula is C8H9BrF2O. The first kappa shape index (κ1) is 11.4. The zero-order valence-corrected chi connectivity index (χ0v) is 8.03. The third-order valence-electron chi connectivity index (χ3n) is 0.966. The van der Waals surface area contributed by atoms with E-state index < -0.39 is 17.4 Å². The van der Waals surface area contributed by atoms with Crippen molar-refractivity contribution in [2.24, 2.45) is 0 Å². The number of ether oxygens (including phenoxy) is 1. The van der Waals surface area contributed by atoms with Gasteiger partial charge in [-0.2, -0.15) is 0 Å². The molecule has 0 heterocycles. The molecule has 0 aromatic heterocycles. The number of hydrogen-bond donors (Lipinski definition) is 0. The molecule has 0 fully saturated rings. The van der Waals surface area contributed by atoms with Crippen molar-refractivity contribution in [2.75, 3.05) is 11.9 Å². The average Bonchev–Trinajstić information content (AvgIpc) is 2.04. The highest BCUT2D eigenvalue weighted by Crippen LogP contribution is 2.17. The SMILES string of the molecule is C=C/C(F)=C(/OCCBr)C(=C)F. The lowest BCUT2D eigenvalue weighted by Crippen LogP contribution is -1.97. The van der Waals surface area contributed by atoms with Crippen LogP contribution in [0.5, 0.6) is 0 Å². The van der Waals surface area contributed by atoms with Crippen LogP contribution < -0.4 is 0 Å². The standard InChI is InChI=1S/C8H9BrF2O/c1-3-7(11)8(6(2)10)12-5-4-9/h3H,1-2,4-5H2/b8-7-. The molecule has 0 aliphatic heterocycles. The second-order valence-corrected chi connectivity index (χ2v) is 2.62. The fraction of sp³-hybridized carbons (Fsp3) is 0.250. The highest BCUT2D eigenvalue weighted by atomic mass is 79.9. The molecule has 0 spiro atoms. The lowest BCUT2D eigenvalue weighted by Gasteiger charge is -2.05. The van der Waals surface area contributed by atoms with Gasteiger partial charge in [0.25, 0.3) is 0 Å². The van der Waals surface area contributed by atoms with Gasteiger partial charge in [-0.25, -0.2) is 8.78 Å². The quantitative estimate of drug-likeness (QED) is 0.406. The molecule has 0 saturated heterocycles. The van der Waals surface area contributed by atoms with Crippen LogP contribution in [-0.2, 0) is 4.74 Å². The molecule has 12 heavy (non-hydrogen) atoms. The topological polar surface area (TPSA) is 9.23 Å². The molecule has 0 radical (unpaired) electrons. The summed E-state index contributed by atoms with van der Waals surface area (Å²) in [5.41, 5.74) is 0. The normalized spacial score (nSPS) is 11.9. The molecular weight excluding hydrogens is 230 g/mol. The van der Waals surface area contributed by atoms with Gasteiger partial charge >= 0.3 is 0 Å². The Balaban J connectivity index is 4.43. The van der Waals surface area contributed by atoms with E-state index in [1.54, 1.807) is 0 Å². The Labute approximate surface area is 78.5 Å². The Morgan fingerprint density at radius 3 is 2.42 bits per heavy atom. The van der Waals surface area contributed by atoms with Crippen molar-refractivity contribution in [3.05, 3.63) is 36.6 Å². The maximum Gasteiger partial charge on any atom is 0.190 e. The van der Waals surface area contributed by atoms with Crippen LogP contribution >= 0.6 is 15.9 Å². The minimum absolute atomic E-state index is 0.180. The maximum absolute atomic E-state index is 12.7. The Kier molecular flexibility index (Phi) is 5.62. The summed E-state index contributed by atoms with van der Waals surface area (Å²) < 4.78 is 29.9. The van der Waals surface area contributed by atoms with Gasteiger partial charge in [-0.15, -0.1) is 0 Å². The van der Waals surface area contributed by atoms with E-state index in [2.05, 4.69) is 29.1 Å². The number of halogens is 3. The zero-order chi connectivity index (χ0) is 9.56. The molecule has 68 valence electrons. The van der Waals surface area contributed by atoms with Gasteiger partial charge in [-0.05, 0) is 6.08 Å². The fourth-order valence-corrected chi connectivity index (χ4v) is 0.672. The van der Waals surface area contributed by atoms with Crippen molar-refractivity contribution >= 4 is 15.9 Å². The average molecular weight is 239 g/mol. The summed E-state index contributed by atoms with van der Waals surface area (Å²) >= 11 is 3.05. The molecule has 0 N–H and O–H groups in total. The Hall–Kier alpha value is -0.640. The van der Waals surface area contributed by atoms with Gasteiger partial charge in [0.2, 0.25) is 0 Å². The molecule has 0 atom stereocenters. The molecule has 0 unspecified atom stereocenters. The summed E-state index contributed by atoms with van der Waals surface area (Å²) in [6, 6.07) is 0. The van der Waals surface area contributed by atoms with E-state index in [-0.39, 0.29) is 6.61 Å². The lowest BCUT2D eigenvalue weighted by atomic mass is 10.4. The molecule has 0 amide bonds. The monoisotopic (exact) mass is 238 g/mol. The van der Waals surface area contributed by atoms with Crippen LogP contribution in [-0.4, -0.2) is 11.9 Å². The largest absolute Gasteiger partial charge is 0.487 e. The number of allylic oxidation sites excluding steroid dienone is 3. The van der Waals surface area contributed by atoms with E-state index in [9.17, 15) is 8.78 Å². The van der Waals surface area contributed by atoms with Crippen LogP contribution in [0.2, 0.25) is 0 Å². The molecule has 0 aromatic rings.